The molecule has 0 unspecified atom stereocenters. The quantitative estimate of drug-likeness (QED) is 0.735. The van der Waals surface area contributed by atoms with Crippen molar-refractivity contribution < 1.29 is 9.47 Å². The number of hydrogen-bond acceptors (Lipinski definition) is 5. The molecule has 0 saturated heterocycles. The van der Waals surface area contributed by atoms with Crippen molar-refractivity contribution in [3.05, 3.63) is 54.1 Å². The van der Waals surface area contributed by atoms with Crippen molar-refractivity contribution in [1.29, 1.82) is 0 Å². The Morgan fingerprint density at radius 3 is 2.71 bits per heavy atom. The molecule has 0 spiro atoms. The Bertz CT molecular complexity index is 774. The summed E-state index contributed by atoms with van der Waals surface area (Å²) < 4.78 is 10.6. The van der Waals surface area contributed by atoms with E-state index < -0.39 is 0 Å². The summed E-state index contributed by atoms with van der Waals surface area (Å²) in [6.45, 7) is 0. The molecule has 3 rings (SSSR count). The maximum atomic E-state index is 5.40. The molecule has 0 radical (unpaired) electrons. The second-order valence-corrected chi connectivity index (χ2v) is 4.55. The van der Waals surface area contributed by atoms with E-state index in [1.807, 2.05) is 30.3 Å². The van der Waals surface area contributed by atoms with Crippen LogP contribution in [0.3, 0.4) is 0 Å². The van der Waals surface area contributed by atoms with E-state index in [0.717, 1.165) is 33.9 Å². The van der Waals surface area contributed by atoms with Gasteiger partial charge in [0, 0.05) is 24.2 Å². The molecule has 2 heterocycles. The summed E-state index contributed by atoms with van der Waals surface area (Å²) in [5.74, 6) is 2.27. The number of ether oxygens (including phenoxy) is 2. The molecular weight excluding hydrogens is 266 g/mol. The molecule has 2 aromatic heterocycles. The second kappa shape index (κ2) is 5.75. The first kappa shape index (κ1) is 13.3. The Morgan fingerprint density at radius 2 is 1.90 bits per heavy atom. The minimum atomic E-state index is 0.595. The number of fused-ring (bicyclic) bond motifs is 1. The van der Waals surface area contributed by atoms with Gasteiger partial charge in [-0.3, -0.25) is 4.98 Å². The van der Waals surface area contributed by atoms with Gasteiger partial charge in [0.1, 0.15) is 22.8 Å². The first-order valence-corrected chi connectivity index (χ1v) is 6.57. The highest BCUT2D eigenvalue weighted by molar-refractivity contribution is 5.72. The standard InChI is InChI=1S/C16H15N3O2/c1-20-12-6-5-11(15(9-12)21-2)8-16-18-10-14-13(19-16)4-3-7-17-14/h3-7,9-10H,8H2,1-2H3. The van der Waals surface area contributed by atoms with Crippen LogP contribution in [-0.2, 0) is 6.42 Å². The lowest BCUT2D eigenvalue weighted by Gasteiger charge is -2.10. The lowest BCUT2D eigenvalue weighted by atomic mass is 10.1. The van der Waals surface area contributed by atoms with E-state index in [9.17, 15) is 0 Å². The van der Waals surface area contributed by atoms with Gasteiger partial charge in [-0.25, -0.2) is 9.97 Å². The normalized spacial score (nSPS) is 10.6. The molecular formula is C16H15N3O2. The van der Waals surface area contributed by atoms with Gasteiger partial charge < -0.3 is 9.47 Å². The van der Waals surface area contributed by atoms with Crippen molar-refractivity contribution in [2.45, 2.75) is 6.42 Å². The molecule has 106 valence electrons. The summed E-state index contributed by atoms with van der Waals surface area (Å²) in [5.41, 5.74) is 2.65. The molecule has 0 aliphatic heterocycles. The summed E-state index contributed by atoms with van der Waals surface area (Å²) in [6, 6.07) is 9.53. The van der Waals surface area contributed by atoms with Crippen molar-refractivity contribution in [3.63, 3.8) is 0 Å². The molecule has 0 atom stereocenters. The van der Waals surface area contributed by atoms with Crippen LogP contribution < -0.4 is 9.47 Å². The Hall–Kier alpha value is -2.69. The van der Waals surface area contributed by atoms with Crippen LogP contribution in [0.1, 0.15) is 11.4 Å². The summed E-state index contributed by atoms with van der Waals surface area (Å²) in [6.07, 6.45) is 4.07. The summed E-state index contributed by atoms with van der Waals surface area (Å²) in [4.78, 5) is 13.1. The third-order valence-electron chi connectivity index (χ3n) is 3.24. The Balaban J connectivity index is 1.94. The Morgan fingerprint density at radius 1 is 1.00 bits per heavy atom. The monoisotopic (exact) mass is 281 g/mol. The molecule has 5 heteroatoms. The van der Waals surface area contributed by atoms with E-state index in [-0.39, 0.29) is 0 Å². The maximum Gasteiger partial charge on any atom is 0.133 e. The Labute approximate surface area is 122 Å². The molecule has 21 heavy (non-hydrogen) atoms. The first-order chi connectivity index (χ1) is 10.3. The first-order valence-electron chi connectivity index (χ1n) is 6.57. The van der Waals surface area contributed by atoms with Crippen LogP contribution in [0.5, 0.6) is 11.5 Å². The van der Waals surface area contributed by atoms with Gasteiger partial charge in [-0.15, -0.1) is 0 Å². The van der Waals surface area contributed by atoms with E-state index in [0.29, 0.717) is 6.42 Å². The molecule has 0 saturated carbocycles. The van der Waals surface area contributed by atoms with Crippen molar-refractivity contribution >= 4 is 11.0 Å². The molecule has 0 amide bonds. The number of hydrogen-bond donors (Lipinski definition) is 0. The highest BCUT2D eigenvalue weighted by atomic mass is 16.5. The van der Waals surface area contributed by atoms with Crippen LogP contribution in [0.4, 0.5) is 0 Å². The van der Waals surface area contributed by atoms with Crippen LogP contribution in [0.2, 0.25) is 0 Å². The number of aromatic nitrogens is 3. The van der Waals surface area contributed by atoms with Gasteiger partial charge in [0.2, 0.25) is 0 Å². The second-order valence-electron chi connectivity index (χ2n) is 4.55. The Kier molecular flexibility index (Phi) is 3.64. The average Bonchev–Trinajstić information content (AvgIpc) is 2.55. The van der Waals surface area contributed by atoms with Crippen LogP contribution in [0.25, 0.3) is 11.0 Å². The summed E-state index contributed by atoms with van der Waals surface area (Å²) in [5, 5.41) is 0. The maximum absolute atomic E-state index is 5.40. The van der Waals surface area contributed by atoms with Gasteiger partial charge in [0.05, 0.1) is 25.9 Å². The molecule has 0 N–H and O–H groups in total. The third kappa shape index (κ3) is 2.76. The predicted octanol–water partition coefficient (Wildman–Crippen LogP) is 2.63. The molecule has 5 nitrogen and oxygen atoms in total. The third-order valence-corrected chi connectivity index (χ3v) is 3.24. The average molecular weight is 281 g/mol. The minimum Gasteiger partial charge on any atom is -0.497 e. The lowest BCUT2D eigenvalue weighted by Crippen LogP contribution is -2.00. The SMILES string of the molecule is COc1ccc(Cc2ncc3ncccc3n2)c(OC)c1. The van der Waals surface area contributed by atoms with Gasteiger partial charge in [0.15, 0.2) is 0 Å². The fourth-order valence-electron chi connectivity index (χ4n) is 2.16. The summed E-state index contributed by atoms with van der Waals surface area (Å²) >= 11 is 0. The number of rotatable bonds is 4. The van der Waals surface area contributed by atoms with E-state index in [1.54, 1.807) is 26.6 Å². The largest absolute Gasteiger partial charge is 0.497 e. The zero-order valence-corrected chi connectivity index (χ0v) is 11.9. The zero-order valence-electron chi connectivity index (χ0n) is 11.9. The van der Waals surface area contributed by atoms with E-state index in [2.05, 4.69) is 15.0 Å². The van der Waals surface area contributed by atoms with Gasteiger partial charge in [-0.05, 0) is 18.2 Å². The van der Waals surface area contributed by atoms with E-state index >= 15 is 0 Å². The number of nitrogens with zero attached hydrogens (tertiary/aromatic N) is 3. The minimum absolute atomic E-state index is 0.595. The number of methoxy groups -OCH3 is 2. The highest BCUT2D eigenvalue weighted by Crippen LogP contribution is 2.26. The molecule has 0 aliphatic rings. The lowest BCUT2D eigenvalue weighted by molar-refractivity contribution is 0.391. The van der Waals surface area contributed by atoms with Gasteiger partial charge >= 0.3 is 0 Å². The van der Waals surface area contributed by atoms with Gasteiger partial charge in [-0.2, -0.15) is 0 Å². The van der Waals surface area contributed by atoms with Gasteiger partial charge in [-0.1, -0.05) is 6.07 Å². The van der Waals surface area contributed by atoms with Crippen molar-refractivity contribution in [2.24, 2.45) is 0 Å². The van der Waals surface area contributed by atoms with Gasteiger partial charge in [0.25, 0.3) is 0 Å². The molecule has 3 aromatic rings. The predicted molar refractivity (Wildman–Crippen MR) is 79.7 cm³/mol. The highest BCUT2D eigenvalue weighted by Gasteiger charge is 2.08. The van der Waals surface area contributed by atoms with Crippen LogP contribution in [-0.4, -0.2) is 29.2 Å². The van der Waals surface area contributed by atoms with Crippen LogP contribution in [0.15, 0.2) is 42.7 Å². The molecule has 1 aromatic carbocycles. The molecule has 0 aliphatic carbocycles. The van der Waals surface area contributed by atoms with Crippen molar-refractivity contribution in [2.75, 3.05) is 14.2 Å². The zero-order chi connectivity index (χ0) is 14.7. The molecule has 0 bridgehead atoms. The smallest absolute Gasteiger partial charge is 0.133 e. The fraction of sp³-hybridized carbons (Fsp3) is 0.188. The van der Waals surface area contributed by atoms with Crippen LogP contribution >= 0.6 is 0 Å². The number of benzene rings is 1. The van der Waals surface area contributed by atoms with Crippen molar-refractivity contribution in [3.8, 4) is 11.5 Å². The van der Waals surface area contributed by atoms with E-state index in [4.69, 9.17) is 9.47 Å². The fourth-order valence-corrected chi connectivity index (χ4v) is 2.16. The topological polar surface area (TPSA) is 57.1 Å². The molecule has 0 fully saturated rings. The summed E-state index contributed by atoms with van der Waals surface area (Å²) in [7, 11) is 3.28. The van der Waals surface area contributed by atoms with Crippen LogP contribution in [0, 0.1) is 0 Å². The number of pyridine rings is 1. The van der Waals surface area contributed by atoms with E-state index in [1.165, 1.54) is 0 Å². The van der Waals surface area contributed by atoms with Crippen molar-refractivity contribution in [1.82, 2.24) is 15.0 Å².